The number of aromatic nitrogens is 1. The summed E-state index contributed by atoms with van der Waals surface area (Å²) in [5, 5.41) is 1.93. The van der Waals surface area contributed by atoms with E-state index in [1.807, 2.05) is 18.2 Å². The Kier molecular flexibility index (Phi) is 3.02. The van der Waals surface area contributed by atoms with Crippen molar-refractivity contribution < 1.29 is 9.59 Å². The third-order valence-electron chi connectivity index (χ3n) is 3.35. The number of benzene rings is 1. The van der Waals surface area contributed by atoms with Crippen molar-refractivity contribution in [1.82, 2.24) is 4.98 Å². The fourth-order valence-electron chi connectivity index (χ4n) is 2.17. The Bertz CT molecular complexity index is 704. The van der Waals surface area contributed by atoms with E-state index in [9.17, 15) is 9.59 Å². The summed E-state index contributed by atoms with van der Waals surface area (Å²) in [5.74, 6) is -0.522. The first-order chi connectivity index (χ1) is 9.56. The predicted molar refractivity (Wildman–Crippen MR) is 76.6 cm³/mol. The smallest absolute Gasteiger partial charge is 0.277 e. The van der Waals surface area contributed by atoms with E-state index in [1.54, 1.807) is 5.38 Å². The van der Waals surface area contributed by atoms with Crippen LogP contribution < -0.4 is 11.5 Å². The molecule has 2 aromatic rings. The van der Waals surface area contributed by atoms with Crippen LogP contribution in [0.25, 0.3) is 11.3 Å². The molecule has 1 heterocycles. The molecule has 1 aliphatic rings. The Morgan fingerprint density at radius 2 is 1.95 bits per heavy atom. The molecule has 0 spiro atoms. The highest BCUT2D eigenvalue weighted by atomic mass is 32.1. The predicted octanol–water partition coefficient (Wildman–Crippen LogP) is 1.89. The number of nitrogens with two attached hydrogens (primary N) is 2. The molecule has 1 aromatic carbocycles. The Labute approximate surface area is 119 Å². The quantitative estimate of drug-likeness (QED) is 0.898. The van der Waals surface area contributed by atoms with Crippen molar-refractivity contribution in [3.05, 3.63) is 39.7 Å². The normalized spacial score (nSPS) is 14.2. The van der Waals surface area contributed by atoms with E-state index in [2.05, 4.69) is 4.98 Å². The van der Waals surface area contributed by atoms with Crippen LogP contribution in [0.15, 0.2) is 23.6 Å². The number of primary amides is 2. The molecule has 1 aliphatic carbocycles. The zero-order chi connectivity index (χ0) is 14.3. The fraction of sp³-hybridized carbons (Fsp3) is 0.214. The van der Waals surface area contributed by atoms with Crippen molar-refractivity contribution in [3.8, 4) is 11.3 Å². The van der Waals surface area contributed by atoms with Crippen LogP contribution in [0.5, 0.6) is 0 Å². The SMILES string of the molecule is NC(=O)c1nc(-c2ccc(C3CC3)cc2C(N)=O)cs1. The Morgan fingerprint density at radius 1 is 1.20 bits per heavy atom. The lowest BCUT2D eigenvalue weighted by molar-refractivity contribution is 0.0992. The van der Waals surface area contributed by atoms with E-state index in [-0.39, 0.29) is 5.01 Å². The van der Waals surface area contributed by atoms with Gasteiger partial charge in [-0.2, -0.15) is 0 Å². The number of amides is 2. The molecule has 1 aromatic heterocycles. The molecular weight excluding hydrogens is 274 g/mol. The monoisotopic (exact) mass is 287 g/mol. The molecule has 0 bridgehead atoms. The lowest BCUT2D eigenvalue weighted by Gasteiger charge is -2.07. The maximum absolute atomic E-state index is 11.6. The molecule has 5 nitrogen and oxygen atoms in total. The number of thiazole rings is 1. The molecule has 20 heavy (non-hydrogen) atoms. The van der Waals surface area contributed by atoms with E-state index in [1.165, 1.54) is 0 Å². The number of hydrogen-bond acceptors (Lipinski definition) is 4. The molecule has 0 aliphatic heterocycles. The average molecular weight is 287 g/mol. The van der Waals surface area contributed by atoms with Gasteiger partial charge in [0.2, 0.25) is 5.91 Å². The van der Waals surface area contributed by atoms with Crippen LogP contribution in [-0.4, -0.2) is 16.8 Å². The first-order valence-electron chi connectivity index (χ1n) is 6.25. The van der Waals surface area contributed by atoms with Crippen LogP contribution in [0.3, 0.4) is 0 Å². The zero-order valence-electron chi connectivity index (χ0n) is 10.6. The van der Waals surface area contributed by atoms with Crippen LogP contribution in [-0.2, 0) is 0 Å². The van der Waals surface area contributed by atoms with Crippen molar-refractivity contribution >= 4 is 23.2 Å². The summed E-state index contributed by atoms with van der Waals surface area (Å²) >= 11 is 1.16. The molecule has 3 rings (SSSR count). The molecular formula is C14H13N3O2S. The molecule has 2 amide bonds. The lowest BCUT2D eigenvalue weighted by Crippen LogP contribution is -2.13. The van der Waals surface area contributed by atoms with Crippen LogP contribution in [0.2, 0.25) is 0 Å². The van der Waals surface area contributed by atoms with Crippen molar-refractivity contribution in [2.24, 2.45) is 11.5 Å². The third-order valence-corrected chi connectivity index (χ3v) is 4.21. The van der Waals surface area contributed by atoms with Crippen LogP contribution in [0.4, 0.5) is 0 Å². The van der Waals surface area contributed by atoms with Gasteiger partial charge in [0, 0.05) is 16.5 Å². The van der Waals surface area contributed by atoms with E-state index in [4.69, 9.17) is 11.5 Å². The van der Waals surface area contributed by atoms with Gasteiger partial charge in [-0.25, -0.2) is 4.98 Å². The number of carbonyl (C=O) groups is 2. The van der Waals surface area contributed by atoms with E-state index in [0.29, 0.717) is 22.7 Å². The number of nitrogens with zero attached hydrogens (tertiary/aromatic N) is 1. The number of carbonyl (C=O) groups excluding carboxylic acids is 2. The van der Waals surface area contributed by atoms with Gasteiger partial charge in [-0.05, 0) is 30.4 Å². The first-order valence-corrected chi connectivity index (χ1v) is 7.13. The van der Waals surface area contributed by atoms with Gasteiger partial charge < -0.3 is 11.5 Å². The van der Waals surface area contributed by atoms with Crippen molar-refractivity contribution in [2.75, 3.05) is 0 Å². The summed E-state index contributed by atoms with van der Waals surface area (Å²) < 4.78 is 0. The van der Waals surface area contributed by atoms with Gasteiger partial charge in [0.1, 0.15) is 0 Å². The Morgan fingerprint density at radius 3 is 2.50 bits per heavy atom. The van der Waals surface area contributed by atoms with Gasteiger partial charge in [0.15, 0.2) is 5.01 Å². The average Bonchev–Trinajstić information content (AvgIpc) is 3.15. The summed E-state index contributed by atoms with van der Waals surface area (Å²) in [6.07, 6.45) is 2.31. The highest BCUT2D eigenvalue weighted by Crippen LogP contribution is 2.41. The molecule has 0 atom stereocenters. The van der Waals surface area contributed by atoms with E-state index in [0.717, 1.165) is 29.7 Å². The fourth-order valence-corrected chi connectivity index (χ4v) is 2.84. The number of rotatable bonds is 4. The minimum atomic E-state index is -0.573. The summed E-state index contributed by atoms with van der Waals surface area (Å²) in [5.41, 5.74) is 13.4. The van der Waals surface area contributed by atoms with Gasteiger partial charge in [-0.1, -0.05) is 12.1 Å². The van der Waals surface area contributed by atoms with Gasteiger partial charge in [0.05, 0.1) is 5.69 Å². The Balaban J connectivity index is 2.06. The highest BCUT2D eigenvalue weighted by Gasteiger charge is 2.25. The van der Waals surface area contributed by atoms with Gasteiger partial charge in [0.25, 0.3) is 5.91 Å². The van der Waals surface area contributed by atoms with Gasteiger partial charge in [-0.15, -0.1) is 11.3 Å². The summed E-state index contributed by atoms with van der Waals surface area (Å²) in [7, 11) is 0. The van der Waals surface area contributed by atoms with E-state index >= 15 is 0 Å². The third kappa shape index (κ3) is 2.30. The first kappa shape index (κ1) is 12.8. The number of hydrogen-bond donors (Lipinski definition) is 2. The molecule has 1 fully saturated rings. The molecule has 0 unspecified atom stereocenters. The zero-order valence-corrected chi connectivity index (χ0v) is 11.4. The summed E-state index contributed by atoms with van der Waals surface area (Å²) in [6.45, 7) is 0. The largest absolute Gasteiger partial charge is 0.366 e. The summed E-state index contributed by atoms with van der Waals surface area (Å²) in [4.78, 5) is 26.9. The second-order valence-electron chi connectivity index (χ2n) is 4.85. The second kappa shape index (κ2) is 4.72. The minimum Gasteiger partial charge on any atom is -0.366 e. The van der Waals surface area contributed by atoms with Crippen molar-refractivity contribution in [3.63, 3.8) is 0 Å². The molecule has 4 N–H and O–H groups in total. The van der Waals surface area contributed by atoms with Crippen LogP contribution in [0.1, 0.15) is 44.5 Å². The highest BCUT2D eigenvalue weighted by molar-refractivity contribution is 7.12. The lowest BCUT2D eigenvalue weighted by atomic mass is 9.99. The molecule has 102 valence electrons. The van der Waals surface area contributed by atoms with Gasteiger partial charge >= 0.3 is 0 Å². The van der Waals surface area contributed by atoms with Gasteiger partial charge in [-0.3, -0.25) is 9.59 Å². The maximum Gasteiger partial charge on any atom is 0.277 e. The summed E-state index contributed by atoms with van der Waals surface area (Å²) in [6, 6.07) is 5.66. The Hall–Kier alpha value is -2.21. The van der Waals surface area contributed by atoms with Crippen molar-refractivity contribution in [2.45, 2.75) is 18.8 Å². The minimum absolute atomic E-state index is 0.224. The topological polar surface area (TPSA) is 99.1 Å². The van der Waals surface area contributed by atoms with Crippen molar-refractivity contribution in [1.29, 1.82) is 0 Å². The van der Waals surface area contributed by atoms with Crippen LogP contribution in [0, 0.1) is 0 Å². The molecule has 0 radical (unpaired) electrons. The molecule has 6 heteroatoms. The second-order valence-corrected chi connectivity index (χ2v) is 5.70. The van der Waals surface area contributed by atoms with E-state index < -0.39 is 11.8 Å². The van der Waals surface area contributed by atoms with Crippen LogP contribution >= 0.6 is 11.3 Å². The standard InChI is InChI=1S/C14H13N3O2S/c15-12(18)10-5-8(7-1-2-7)3-4-9(10)11-6-20-14(17-11)13(16)19/h3-7H,1-2H2,(H2,15,18)(H2,16,19). The maximum atomic E-state index is 11.6. The molecule has 1 saturated carbocycles. The molecule has 0 saturated heterocycles.